The van der Waals surface area contributed by atoms with Crippen molar-refractivity contribution in [3.05, 3.63) is 5.82 Å². The van der Waals surface area contributed by atoms with E-state index in [1.807, 2.05) is 0 Å². The summed E-state index contributed by atoms with van der Waals surface area (Å²) in [5.41, 5.74) is -0.469. The van der Waals surface area contributed by atoms with E-state index in [4.69, 9.17) is 0 Å². The Hall–Kier alpha value is -0.550. The van der Waals surface area contributed by atoms with Gasteiger partial charge < -0.3 is 9.67 Å². The van der Waals surface area contributed by atoms with Gasteiger partial charge in [0.2, 0.25) is 0 Å². The van der Waals surface area contributed by atoms with E-state index < -0.39 is 5.60 Å². The molecular weight excluding hydrogens is 270 g/mol. The highest BCUT2D eigenvalue weighted by Gasteiger charge is 2.37. The van der Waals surface area contributed by atoms with Gasteiger partial charge >= 0.3 is 0 Å². The van der Waals surface area contributed by atoms with Crippen LogP contribution < -0.4 is 0 Å². The minimum absolute atomic E-state index is 0.469. The molecule has 1 aromatic heterocycles. The summed E-state index contributed by atoms with van der Waals surface area (Å²) in [6, 6.07) is 0.643. The minimum Gasteiger partial charge on any atom is -0.389 e. The lowest BCUT2D eigenvalue weighted by Gasteiger charge is -2.31. The van der Waals surface area contributed by atoms with Crippen molar-refractivity contribution in [1.82, 2.24) is 14.8 Å². The van der Waals surface area contributed by atoms with Gasteiger partial charge in [-0.2, -0.15) is 0 Å². The van der Waals surface area contributed by atoms with Gasteiger partial charge in [0, 0.05) is 17.7 Å². The molecule has 0 aliphatic heterocycles. The zero-order chi connectivity index (χ0) is 13.6. The number of rotatable bonds is 5. The van der Waals surface area contributed by atoms with Crippen LogP contribution in [0, 0.1) is 0 Å². The van der Waals surface area contributed by atoms with Crippen LogP contribution in [0.15, 0.2) is 5.16 Å². The quantitative estimate of drug-likeness (QED) is 0.847. The van der Waals surface area contributed by atoms with Crippen molar-refractivity contribution in [3.63, 3.8) is 0 Å². The zero-order valence-electron chi connectivity index (χ0n) is 11.9. The van der Waals surface area contributed by atoms with E-state index in [0.29, 0.717) is 12.0 Å². The molecule has 3 aliphatic carbocycles. The van der Waals surface area contributed by atoms with Crippen molar-refractivity contribution in [1.29, 1.82) is 0 Å². The third-order valence-electron chi connectivity index (χ3n) is 4.80. The Bertz CT molecular complexity index is 487. The summed E-state index contributed by atoms with van der Waals surface area (Å²) < 4.78 is 2.38. The van der Waals surface area contributed by atoms with Crippen LogP contribution in [0.1, 0.15) is 75.6 Å². The van der Waals surface area contributed by atoms with E-state index in [-0.39, 0.29) is 0 Å². The van der Waals surface area contributed by atoms with Gasteiger partial charge in [0.25, 0.3) is 0 Å². The summed E-state index contributed by atoms with van der Waals surface area (Å²) in [5, 5.41) is 20.5. The molecule has 20 heavy (non-hydrogen) atoms. The SMILES string of the molecule is OC1(CSc2nnc(C3CC3)n2C2CC2)CCCCC1. The fraction of sp³-hybridized carbons (Fsp3) is 0.867. The zero-order valence-corrected chi connectivity index (χ0v) is 12.7. The Morgan fingerprint density at radius 2 is 1.85 bits per heavy atom. The summed E-state index contributed by atoms with van der Waals surface area (Å²) >= 11 is 1.73. The molecule has 3 saturated carbocycles. The van der Waals surface area contributed by atoms with Crippen LogP contribution in [0.2, 0.25) is 0 Å². The molecule has 0 bridgehead atoms. The van der Waals surface area contributed by atoms with Crippen molar-refractivity contribution < 1.29 is 5.11 Å². The van der Waals surface area contributed by atoms with E-state index in [1.54, 1.807) is 11.8 Å². The molecule has 0 aromatic carbocycles. The Kier molecular flexibility index (Phi) is 3.30. The molecule has 0 atom stereocenters. The topological polar surface area (TPSA) is 50.9 Å². The summed E-state index contributed by atoms with van der Waals surface area (Å²) in [4.78, 5) is 0. The van der Waals surface area contributed by atoms with Crippen LogP contribution in [-0.4, -0.2) is 31.2 Å². The van der Waals surface area contributed by atoms with Gasteiger partial charge in [-0.25, -0.2) is 0 Å². The van der Waals surface area contributed by atoms with Crippen molar-refractivity contribution in [2.45, 2.75) is 80.5 Å². The number of aromatic nitrogens is 3. The molecule has 0 spiro atoms. The molecule has 1 heterocycles. The van der Waals surface area contributed by atoms with Crippen molar-refractivity contribution in [2.75, 3.05) is 5.75 Å². The molecule has 1 aromatic rings. The van der Waals surface area contributed by atoms with E-state index in [2.05, 4.69) is 14.8 Å². The smallest absolute Gasteiger partial charge is 0.191 e. The standard InChI is InChI=1S/C15H23N3OS/c19-15(8-2-1-3-9-15)10-20-14-17-16-13(11-4-5-11)18(14)12-6-7-12/h11-12,19H,1-10H2. The van der Waals surface area contributed by atoms with Crippen LogP contribution >= 0.6 is 11.8 Å². The maximum atomic E-state index is 10.6. The molecule has 0 radical (unpaired) electrons. The lowest BCUT2D eigenvalue weighted by molar-refractivity contribution is 0.0272. The maximum Gasteiger partial charge on any atom is 0.191 e. The van der Waals surface area contributed by atoms with E-state index in [1.165, 1.54) is 50.8 Å². The number of aliphatic hydroxyl groups is 1. The average Bonchev–Trinajstić information content (AvgIpc) is 3.36. The molecule has 4 rings (SSSR count). The first-order valence-corrected chi connectivity index (χ1v) is 9.04. The second-order valence-corrected chi connectivity index (χ2v) is 7.73. The average molecular weight is 293 g/mol. The maximum absolute atomic E-state index is 10.6. The molecule has 1 N–H and O–H groups in total. The molecule has 3 aliphatic rings. The molecule has 110 valence electrons. The third-order valence-corrected chi connectivity index (χ3v) is 6.02. The molecule has 3 fully saturated rings. The molecule has 0 unspecified atom stereocenters. The first-order valence-electron chi connectivity index (χ1n) is 8.05. The van der Waals surface area contributed by atoms with Gasteiger partial charge in [-0.05, 0) is 38.5 Å². The highest BCUT2D eigenvalue weighted by atomic mass is 32.2. The first kappa shape index (κ1) is 13.1. The Morgan fingerprint density at radius 3 is 2.50 bits per heavy atom. The number of thioether (sulfide) groups is 1. The van der Waals surface area contributed by atoms with Crippen molar-refractivity contribution in [3.8, 4) is 0 Å². The molecular formula is C15H23N3OS. The Morgan fingerprint density at radius 1 is 1.10 bits per heavy atom. The van der Waals surface area contributed by atoms with Crippen LogP contribution in [0.5, 0.6) is 0 Å². The van der Waals surface area contributed by atoms with Gasteiger partial charge in [0.05, 0.1) is 5.60 Å². The summed E-state index contributed by atoms with van der Waals surface area (Å²) in [6.07, 6.45) is 10.6. The first-order chi connectivity index (χ1) is 9.75. The Labute approximate surface area is 124 Å². The molecule has 0 amide bonds. The van der Waals surface area contributed by atoms with Gasteiger partial charge in [-0.3, -0.25) is 0 Å². The lowest BCUT2D eigenvalue weighted by atomic mass is 9.86. The largest absolute Gasteiger partial charge is 0.389 e. The molecule has 4 nitrogen and oxygen atoms in total. The third kappa shape index (κ3) is 2.62. The van der Waals surface area contributed by atoms with Gasteiger partial charge in [-0.15, -0.1) is 10.2 Å². The summed E-state index contributed by atoms with van der Waals surface area (Å²) in [5.74, 6) is 2.66. The summed E-state index contributed by atoms with van der Waals surface area (Å²) in [6.45, 7) is 0. The minimum atomic E-state index is -0.469. The van der Waals surface area contributed by atoms with Gasteiger partial charge in [-0.1, -0.05) is 31.0 Å². The van der Waals surface area contributed by atoms with Crippen LogP contribution in [0.3, 0.4) is 0 Å². The van der Waals surface area contributed by atoms with E-state index >= 15 is 0 Å². The van der Waals surface area contributed by atoms with E-state index in [9.17, 15) is 5.11 Å². The predicted molar refractivity (Wildman–Crippen MR) is 79.0 cm³/mol. The van der Waals surface area contributed by atoms with E-state index in [0.717, 1.165) is 23.8 Å². The second kappa shape index (κ2) is 5.02. The Balaban J connectivity index is 1.48. The van der Waals surface area contributed by atoms with Crippen LogP contribution in [0.25, 0.3) is 0 Å². The van der Waals surface area contributed by atoms with Gasteiger partial charge in [0.1, 0.15) is 5.82 Å². The lowest BCUT2D eigenvalue weighted by Crippen LogP contribution is -2.34. The molecule has 0 saturated heterocycles. The fourth-order valence-electron chi connectivity index (χ4n) is 3.24. The number of nitrogens with zero attached hydrogens (tertiary/aromatic N) is 3. The van der Waals surface area contributed by atoms with Crippen molar-refractivity contribution in [2.24, 2.45) is 0 Å². The normalized spacial score (nSPS) is 25.9. The fourth-order valence-corrected chi connectivity index (χ4v) is 4.40. The van der Waals surface area contributed by atoms with Gasteiger partial charge in [0.15, 0.2) is 5.16 Å². The number of hydrogen-bond donors (Lipinski definition) is 1. The number of hydrogen-bond acceptors (Lipinski definition) is 4. The van der Waals surface area contributed by atoms with Crippen molar-refractivity contribution >= 4 is 11.8 Å². The van der Waals surface area contributed by atoms with Crippen LogP contribution in [0.4, 0.5) is 0 Å². The highest BCUT2D eigenvalue weighted by Crippen LogP contribution is 2.46. The predicted octanol–water partition coefficient (Wildman–Crippen LogP) is 3.28. The molecule has 5 heteroatoms. The van der Waals surface area contributed by atoms with Crippen LogP contribution in [-0.2, 0) is 0 Å². The summed E-state index contributed by atoms with van der Waals surface area (Å²) in [7, 11) is 0. The second-order valence-electron chi connectivity index (χ2n) is 6.79. The highest BCUT2D eigenvalue weighted by molar-refractivity contribution is 7.99. The monoisotopic (exact) mass is 293 g/mol.